The summed E-state index contributed by atoms with van der Waals surface area (Å²) in [5.74, 6) is -0.242. The van der Waals surface area contributed by atoms with E-state index in [4.69, 9.17) is 10.00 Å². The van der Waals surface area contributed by atoms with Gasteiger partial charge in [0.15, 0.2) is 0 Å². The van der Waals surface area contributed by atoms with Crippen LogP contribution in [0.15, 0.2) is 18.2 Å². The molecule has 2 aromatic rings. The van der Waals surface area contributed by atoms with Gasteiger partial charge in [-0.1, -0.05) is 0 Å². The van der Waals surface area contributed by atoms with Crippen LogP contribution in [0, 0.1) is 14.9 Å². The maximum atomic E-state index is 10.8. The fourth-order valence-corrected chi connectivity index (χ4v) is 4.63. The fourth-order valence-electron chi connectivity index (χ4n) is 4.01. The second-order valence-electron chi connectivity index (χ2n) is 6.67. The molecule has 2 unspecified atom stereocenters. The van der Waals surface area contributed by atoms with Crippen molar-refractivity contribution in [3.05, 3.63) is 38.5 Å². The zero-order valence-electron chi connectivity index (χ0n) is 13.0. The number of nitrogens with zero attached hydrogens (tertiary/aromatic N) is 2. The molecule has 1 saturated heterocycles. The van der Waals surface area contributed by atoms with Crippen LogP contribution in [0.5, 0.6) is 11.8 Å². The van der Waals surface area contributed by atoms with Crippen LogP contribution in [0.1, 0.15) is 37.0 Å². The van der Waals surface area contributed by atoms with Crippen molar-refractivity contribution < 1.29 is 20.1 Å². The summed E-state index contributed by atoms with van der Waals surface area (Å²) in [6.45, 7) is 3.53. The molecule has 1 aromatic carbocycles. The van der Waals surface area contributed by atoms with Crippen molar-refractivity contribution in [1.82, 2.24) is 4.57 Å². The Morgan fingerprint density at radius 1 is 1.29 bits per heavy atom. The lowest BCUT2D eigenvalue weighted by molar-refractivity contribution is -0.0936. The minimum atomic E-state index is -1.04. The third-order valence-electron chi connectivity index (χ3n) is 5.13. The summed E-state index contributed by atoms with van der Waals surface area (Å²) in [5, 5.41) is 40.9. The first kappa shape index (κ1) is 15.7. The summed E-state index contributed by atoms with van der Waals surface area (Å²) in [6, 6.07) is 7.12. The van der Waals surface area contributed by atoms with E-state index in [0.717, 1.165) is 3.57 Å². The highest BCUT2D eigenvalue weighted by atomic mass is 127. The Kier molecular flexibility index (Phi) is 3.05. The number of hydrogen-bond acceptors (Lipinski definition) is 5. The Labute approximate surface area is 152 Å². The SMILES string of the molecule is CC12C[C@@H](O)C(C)(O1)c1c2c(O)n(-c2ccc(C#N)c(I)c2)c1O. The molecule has 4 rings (SSSR count). The average Bonchev–Trinajstić information content (AvgIpc) is 3.01. The van der Waals surface area contributed by atoms with Crippen LogP contribution >= 0.6 is 22.6 Å². The third-order valence-corrected chi connectivity index (χ3v) is 6.03. The molecule has 0 saturated carbocycles. The maximum absolute atomic E-state index is 10.8. The molecule has 1 fully saturated rings. The smallest absolute Gasteiger partial charge is 0.205 e. The summed E-state index contributed by atoms with van der Waals surface area (Å²) in [6.07, 6.45) is -0.393. The first-order valence-electron chi connectivity index (χ1n) is 7.49. The van der Waals surface area contributed by atoms with E-state index in [0.29, 0.717) is 28.8 Å². The number of benzene rings is 1. The third kappa shape index (κ3) is 1.71. The van der Waals surface area contributed by atoms with Gasteiger partial charge in [-0.2, -0.15) is 5.26 Å². The molecule has 0 radical (unpaired) electrons. The minimum Gasteiger partial charge on any atom is -0.494 e. The van der Waals surface area contributed by atoms with Gasteiger partial charge in [-0.05, 0) is 54.6 Å². The molecule has 24 heavy (non-hydrogen) atoms. The van der Waals surface area contributed by atoms with E-state index in [1.807, 2.05) is 22.6 Å². The highest BCUT2D eigenvalue weighted by Gasteiger charge is 2.64. The van der Waals surface area contributed by atoms with Gasteiger partial charge in [-0.25, -0.2) is 0 Å². The monoisotopic (exact) mass is 438 g/mol. The molecule has 0 aliphatic carbocycles. The topological polar surface area (TPSA) is 98.6 Å². The second kappa shape index (κ2) is 4.65. The number of nitriles is 1. The summed E-state index contributed by atoms with van der Waals surface area (Å²) in [5.41, 5.74) is 0.139. The van der Waals surface area contributed by atoms with Gasteiger partial charge in [0.05, 0.1) is 34.1 Å². The molecule has 2 aliphatic rings. The number of aliphatic hydroxyl groups excluding tert-OH is 1. The number of halogens is 1. The maximum Gasteiger partial charge on any atom is 0.205 e. The highest BCUT2D eigenvalue weighted by molar-refractivity contribution is 14.1. The van der Waals surface area contributed by atoms with E-state index in [9.17, 15) is 15.3 Å². The van der Waals surface area contributed by atoms with Crippen molar-refractivity contribution >= 4 is 22.6 Å². The number of aromatic nitrogens is 1. The zero-order valence-corrected chi connectivity index (χ0v) is 15.2. The van der Waals surface area contributed by atoms with Crippen LogP contribution < -0.4 is 0 Å². The Morgan fingerprint density at radius 2 is 1.96 bits per heavy atom. The molecule has 6 nitrogen and oxygen atoms in total. The summed E-state index contributed by atoms with van der Waals surface area (Å²) < 4.78 is 8.01. The number of aromatic hydroxyl groups is 2. The van der Waals surface area contributed by atoms with Gasteiger partial charge in [0.1, 0.15) is 11.7 Å². The van der Waals surface area contributed by atoms with Gasteiger partial charge in [0.25, 0.3) is 0 Å². The standard InChI is InChI=1S/C17H15IN2O4/c1-16-6-11(21)17(2,24-16)13-12(16)14(22)20(15(13)23)9-4-3-8(7-19)10(18)5-9/h3-5,11,21-23H,6H2,1-2H3/t11-,16?,17?/m1/s1. The lowest BCUT2D eigenvalue weighted by Gasteiger charge is -2.25. The number of rotatable bonds is 1. The van der Waals surface area contributed by atoms with Gasteiger partial charge in [0, 0.05) is 9.99 Å². The van der Waals surface area contributed by atoms with Gasteiger partial charge < -0.3 is 20.1 Å². The van der Waals surface area contributed by atoms with Crippen molar-refractivity contribution in [2.45, 2.75) is 37.6 Å². The molecule has 2 aliphatic heterocycles. The molecule has 0 spiro atoms. The Hall–Kier alpha value is -1.76. The molecular formula is C17H15IN2O4. The molecular weight excluding hydrogens is 423 g/mol. The summed E-state index contributed by atoms with van der Waals surface area (Å²) in [7, 11) is 0. The van der Waals surface area contributed by atoms with Gasteiger partial charge in [-0.15, -0.1) is 0 Å². The van der Waals surface area contributed by atoms with E-state index in [1.165, 1.54) is 4.57 Å². The van der Waals surface area contributed by atoms with Crippen LogP contribution in [0.4, 0.5) is 0 Å². The molecule has 0 amide bonds. The largest absolute Gasteiger partial charge is 0.494 e. The normalized spacial score (nSPS) is 30.4. The van der Waals surface area contributed by atoms with Crippen molar-refractivity contribution in [2.24, 2.45) is 0 Å². The lowest BCUT2D eigenvalue weighted by atomic mass is 9.78. The first-order valence-corrected chi connectivity index (χ1v) is 8.56. The van der Waals surface area contributed by atoms with Crippen molar-refractivity contribution in [3.63, 3.8) is 0 Å². The van der Waals surface area contributed by atoms with E-state index in [-0.39, 0.29) is 11.8 Å². The number of hydrogen-bond donors (Lipinski definition) is 3. The number of fused-ring (bicyclic) bond motifs is 5. The van der Waals surface area contributed by atoms with Crippen molar-refractivity contribution in [1.29, 1.82) is 5.26 Å². The molecule has 124 valence electrons. The number of ether oxygens (including phenoxy) is 1. The zero-order chi connectivity index (χ0) is 17.4. The number of aliphatic hydroxyl groups is 1. The Morgan fingerprint density at radius 3 is 2.58 bits per heavy atom. The van der Waals surface area contributed by atoms with Gasteiger partial charge in [-0.3, -0.25) is 4.57 Å². The minimum absolute atomic E-state index is 0.0962. The van der Waals surface area contributed by atoms with Gasteiger partial charge in [0.2, 0.25) is 11.8 Å². The molecule has 3 N–H and O–H groups in total. The first-order chi connectivity index (χ1) is 11.2. The Balaban J connectivity index is 1.98. The predicted octanol–water partition coefficient (Wildman–Crippen LogP) is 2.59. The highest BCUT2D eigenvalue weighted by Crippen LogP contribution is 2.64. The fraction of sp³-hybridized carbons (Fsp3) is 0.353. The molecule has 1 aromatic heterocycles. The quantitative estimate of drug-likeness (QED) is 0.595. The van der Waals surface area contributed by atoms with Crippen LogP contribution in [0.25, 0.3) is 5.69 Å². The Bertz CT molecular complexity index is 932. The van der Waals surface area contributed by atoms with E-state index < -0.39 is 17.3 Å². The van der Waals surface area contributed by atoms with E-state index >= 15 is 0 Å². The van der Waals surface area contributed by atoms with E-state index in [1.54, 1.807) is 32.0 Å². The van der Waals surface area contributed by atoms with Gasteiger partial charge >= 0.3 is 0 Å². The summed E-state index contributed by atoms with van der Waals surface area (Å²) >= 11 is 2.04. The predicted molar refractivity (Wildman–Crippen MR) is 92.9 cm³/mol. The average molecular weight is 438 g/mol. The second-order valence-corrected chi connectivity index (χ2v) is 7.83. The van der Waals surface area contributed by atoms with Crippen molar-refractivity contribution in [3.8, 4) is 23.5 Å². The van der Waals surface area contributed by atoms with Crippen LogP contribution in [0.3, 0.4) is 0 Å². The molecule has 3 atom stereocenters. The lowest BCUT2D eigenvalue weighted by Crippen LogP contribution is -2.32. The summed E-state index contributed by atoms with van der Waals surface area (Å²) in [4.78, 5) is 0. The molecule has 2 bridgehead atoms. The molecule has 7 heteroatoms. The molecule has 3 heterocycles. The van der Waals surface area contributed by atoms with Crippen LogP contribution in [0.2, 0.25) is 0 Å². The van der Waals surface area contributed by atoms with Crippen molar-refractivity contribution in [2.75, 3.05) is 0 Å². The van der Waals surface area contributed by atoms with Crippen LogP contribution in [-0.2, 0) is 15.9 Å². The van der Waals surface area contributed by atoms with E-state index in [2.05, 4.69) is 6.07 Å². The van der Waals surface area contributed by atoms with Crippen LogP contribution in [-0.4, -0.2) is 26.0 Å².